The number of halogens is 1. The summed E-state index contributed by atoms with van der Waals surface area (Å²) in [6.07, 6.45) is 8.23. The number of rotatable bonds is 7. The number of aromatic nitrogens is 1. The molecule has 33 heavy (non-hydrogen) atoms. The fourth-order valence-electron chi connectivity index (χ4n) is 6.14. The molecule has 0 radical (unpaired) electrons. The number of benzene rings is 1. The SMILES string of the molecule is CC1(C)COC1[C@]1(CCc2ccc(S(C)(=O)=O)cn2)CCN(C2(c3ccc(Cl)cc3)CC2)C1. The van der Waals surface area contributed by atoms with Crippen molar-refractivity contribution in [3.63, 3.8) is 0 Å². The molecule has 3 heterocycles. The average Bonchev–Trinajstić information content (AvgIpc) is 3.46. The molecule has 1 saturated carbocycles. The number of likely N-dealkylation sites (tertiary alicyclic amines) is 1. The molecule has 3 fully saturated rings. The Kier molecular flexibility index (Phi) is 5.67. The van der Waals surface area contributed by atoms with E-state index in [1.165, 1.54) is 30.9 Å². The van der Waals surface area contributed by atoms with Gasteiger partial charge in [-0.1, -0.05) is 37.6 Å². The first-order chi connectivity index (χ1) is 15.5. The van der Waals surface area contributed by atoms with E-state index in [-0.39, 0.29) is 27.4 Å². The number of hydrogen-bond acceptors (Lipinski definition) is 5. The van der Waals surface area contributed by atoms with E-state index >= 15 is 0 Å². The Morgan fingerprint density at radius 1 is 1.12 bits per heavy atom. The summed E-state index contributed by atoms with van der Waals surface area (Å²) in [5, 5.41) is 0.782. The second-order valence-corrected chi connectivity index (χ2v) is 13.5. The monoisotopic (exact) mass is 488 g/mol. The van der Waals surface area contributed by atoms with Gasteiger partial charge in [-0.15, -0.1) is 0 Å². The molecule has 0 bridgehead atoms. The summed E-state index contributed by atoms with van der Waals surface area (Å²) >= 11 is 6.15. The lowest BCUT2D eigenvalue weighted by atomic mass is 9.64. The summed E-state index contributed by atoms with van der Waals surface area (Å²) in [6.45, 7) is 7.53. The molecule has 2 aromatic rings. The maximum absolute atomic E-state index is 11.8. The Hall–Kier alpha value is -1.47. The van der Waals surface area contributed by atoms with Crippen LogP contribution < -0.4 is 0 Å². The van der Waals surface area contributed by atoms with E-state index in [1.807, 2.05) is 18.2 Å². The molecule has 1 aromatic carbocycles. The van der Waals surface area contributed by atoms with Gasteiger partial charge in [0, 0.05) is 46.1 Å². The summed E-state index contributed by atoms with van der Waals surface area (Å²) in [6, 6.07) is 11.9. The third kappa shape index (κ3) is 4.24. The molecule has 0 spiro atoms. The van der Waals surface area contributed by atoms with Gasteiger partial charge in [0.2, 0.25) is 0 Å². The van der Waals surface area contributed by atoms with Crippen LogP contribution in [0.5, 0.6) is 0 Å². The minimum Gasteiger partial charge on any atom is -0.376 e. The highest BCUT2D eigenvalue weighted by atomic mass is 35.5. The van der Waals surface area contributed by atoms with Gasteiger partial charge in [0.25, 0.3) is 0 Å². The van der Waals surface area contributed by atoms with Crippen molar-refractivity contribution in [3.05, 3.63) is 58.9 Å². The minimum atomic E-state index is -3.23. The zero-order valence-corrected chi connectivity index (χ0v) is 21.3. The van der Waals surface area contributed by atoms with Crippen molar-refractivity contribution in [1.29, 1.82) is 0 Å². The number of ether oxygens (including phenoxy) is 1. The van der Waals surface area contributed by atoms with E-state index in [0.717, 1.165) is 49.7 Å². The molecule has 1 aliphatic carbocycles. The van der Waals surface area contributed by atoms with Crippen LogP contribution in [0.2, 0.25) is 5.02 Å². The Bertz CT molecular complexity index is 1130. The smallest absolute Gasteiger partial charge is 0.177 e. The normalized spacial score (nSPS) is 28.4. The van der Waals surface area contributed by atoms with E-state index in [1.54, 1.807) is 6.07 Å². The molecule has 1 unspecified atom stereocenters. The molecule has 1 aromatic heterocycles. The molecule has 5 nitrogen and oxygen atoms in total. The molecular formula is C26H33ClN2O3S. The van der Waals surface area contributed by atoms with Crippen LogP contribution in [0.25, 0.3) is 0 Å². The average molecular weight is 489 g/mol. The van der Waals surface area contributed by atoms with Gasteiger partial charge in [-0.3, -0.25) is 9.88 Å². The first kappa shape index (κ1) is 23.3. The number of hydrogen-bond donors (Lipinski definition) is 0. The molecule has 7 heteroatoms. The van der Waals surface area contributed by atoms with Crippen molar-refractivity contribution >= 4 is 21.4 Å². The van der Waals surface area contributed by atoms with E-state index in [9.17, 15) is 8.42 Å². The van der Waals surface area contributed by atoms with Crippen LogP contribution in [-0.2, 0) is 26.5 Å². The maximum atomic E-state index is 11.8. The molecule has 2 saturated heterocycles. The van der Waals surface area contributed by atoms with Crippen molar-refractivity contribution in [2.24, 2.45) is 10.8 Å². The van der Waals surface area contributed by atoms with E-state index in [0.29, 0.717) is 0 Å². The predicted octanol–water partition coefficient (Wildman–Crippen LogP) is 4.88. The van der Waals surface area contributed by atoms with Gasteiger partial charge in [0.05, 0.1) is 17.6 Å². The Labute approximate surface area is 202 Å². The minimum absolute atomic E-state index is 0.0704. The third-order valence-corrected chi connectivity index (χ3v) is 9.44. The Morgan fingerprint density at radius 2 is 1.85 bits per heavy atom. The van der Waals surface area contributed by atoms with Crippen LogP contribution in [0.15, 0.2) is 47.5 Å². The highest BCUT2D eigenvalue weighted by molar-refractivity contribution is 7.90. The fraction of sp³-hybridized carbons (Fsp3) is 0.577. The summed E-state index contributed by atoms with van der Waals surface area (Å²) in [5.74, 6) is 0. The first-order valence-corrected chi connectivity index (χ1v) is 14.1. The lowest BCUT2D eigenvalue weighted by Crippen LogP contribution is -2.58. The lowest BCUT2D eigenvalue weighted by Gasteiger charge is -2.54. The van der Waals surface area contributed by atoms with Crippen molar-refractivity contribution < 1.29 is 13.2 Å². The quantitative estimate of drug-likeness (QED) is 0.556. The van der Waals surface area contributed by atoms with Crippen molar-refractivity contribution in [3.8, 4) is 0 Å². The van der Waals surface area contributed by atoms with Crippen LogP contribution in [0.1, 0.15) is 50.8 Å². The standard InChI is InChI=1S/C26H33ClN2O3S/c1-24(2)18-32-23(24)25(11-10-21-8-9-22(16-28-21)33(3,30)31)14-15-29(17-25)26(12-13-26)19-4-6-20(27)7-5-19/h4-9,16,23H,10-15,17-18H2,1-3H3/t23?,25-/m1/s1. The fourth-order valence-corrected chi connectivity index (χ4v) is 6.82. The van der Waals surface area contributed by atoms with Crippen LogP contribution >= 0.6 is 11.6 Å². The van der Waals surface area contributed by atoms with E-state index in [4.69, 9.17) is 16.3 Å². The van der Waals surface area contributed by atoms with Gasteiger partial charge in [0.1, 0.15) is 0 Å². The van der Waals surface area contributed by atoms with Gasteiger partial charge in [0.15, 0.2) is 9.84 Å². The highest BCUT2D eigenvalue weighted by Crippen LogP contribution is 2.58. The Morgan fingerprint density at radius 3 is 2.36 bits per heavy atom. The third-order valence-electron chi connectivity index (χ3n) is 8.09. The molecule has 0 amide bonds. The zero-order valence-electron chi connectivity index (χ0n) is 19.7. The van der Waals surface area contributed by atoms with Gasteiger partial charge in [-0.05, 0) is 68.5 Å². The van der Waals surface area contributed by atoms with Crippen LogP contribution in [0.3, 0.4) is 0 Å². The highest BCUT2D eigenvalue weighted by Gasteiger charge is 2.60. The summed E-state index contributed by atoms with van der Waals surface area (Å²) in [4.78, 5) is 7.43. The summed E-state index contributed by atoms with van der Waals surface area (Å²) in [5.41, 5.74) is 2.68. The Balaban J connectivity index is 1.36. The number of nitrogens with zero attached hydrogens (tertiary/aromatic N) is 2. The molecule has 178 valence electrons. The second kappa shape index (κ2) is 8.04. The zero-order chi connectivity index (χ0) is 23.5. The molecule has 5 rings (SSSR count). The molecule has 2 atom stereocenters. The van der Waals surface area contributed by atoms with Crippen molar-refractivity contribution in [1.82, 2.24) is 9.88 Å². The van der Waals surface area contributed by atoms with Crippen molar-refractivity contribution in [2.45, 2.75) is 62.5 Å². The number of pyridine rings is 1. The van der Waals surface area contributed by atoms with E-state index < -0.39 is 9.84 Å². The van der Waals surface area contributed by atoms with Crippen LogP contribution in [0, 0.1) is 10.8 Å². The van der Waals surface area contributed by atoms with Crippen molar-refractivity contribution in [2.75, 3.05) is 26.0 Å². The molecule has 2 aliphatic heterocycles. The first-order valence-electron chi connectivity index (χ1n) is 11.8. The molecule has 3 aliphatic rings. The van der Waals surface area contributed by atoms with Gasteiger partial charge < -0.3 is 4.74 Å². The number of aryl methyl sites for hydroxylation is 1. The predicted molar refractivity (Wildman–Crippen MR) is 130 cm³/mol. The summed E-state index contributed by atoms with van der Waals surface area (Å²) in [7, 11) is -3.23. The maximum Gasteiger partial charge on any atom is 0.177 e. The topological polar surface area (TPSA) is 59.5 Å². The summed E-state index contributed by atoms with van der Waals surface area (Å²) < 4.78 is 29.8. The van der Waals surface area contributed by atoms with Gasteiger partial charge >= 0.3 is 0 Å². The molecular weight excluding hydrogens is 456 g/mol. The second-order valence-electron chi connectivity index (χ2n) is 11.0. The van der Waals surface area contributed by atoms with E-state index in [2.05, 4.69) is 35.9 Å². The number of sulfone groups is 1. The molecule has 0 N–H and O–H groups in total. The largest absolute Gasteiger partial charge is 0.376 e. The van der Waals surface area contributed by atoms with Crippen LogP contribution in [0.4, 0.5) is 0 Å². The van der Waals surface area contributed by atoms with Gasteiger partial charge in [-0.25, -0.2) is 8.42 Å². The van der Waals surface area contributed by atoms with Gasteiger partial charge in [-0.2, -0.15) is 0 Å². The lowest BCUT2D eigenvalue weighted by molar-refractivity contribution is -0.224. The van der Waals surface area contributed by atoms with Crippen LogP contribution in [-0.4, -0.2) is 50.4 Å².